The second-order valence-corrected chi connectivity index (χ2v) is 18.0. The lowest BCUT2D eigenvalue weighted by Crippen LogP contribution is -2.26. The van der Waals surface area contributed by atoms with Gasteiger partial charge in [-0.2, -0.15) is 0 Å². The molecule has 3 nitrogen and oxygen atoms in total. The van der Waals surface area contributed by atoms with Gasteiger partial charge in [-0.1, -0.05) is 176 Å². The molecule has 0 radical (unpaired) electrons. The quantitative estimate of drug-likeness (QED) is 0.158. The summed E-state index contributed by atoms with van der Waals surface area (Å²) in [5.41, 5.74) is 20.0. The first-order valence-corrected chi connectivity index (χ1v) is 23.5. The van der Waals surface area contributed by atoms with Crippen LogP contribution in [0.4, 0.5) is 34.1 Å². The molecule has 0 aliphatic heterocycles. The predicted molar refractivity (Wildman–Crippen MR) is 284 cm³/mol. The van der Waals surface area contributed by atoms with E-state index in [4.69, 9.17) is 0 Å². The van der Waals surface area contributed by atoms with Crippen LogP contribution in [0.5, 0.6) is 0 Å². The Hall–Kier alpha value is -8.92. The van der Waals surface area contributed by atoms with Gasteiger partial charge in [0.2, 0.25) is 0 Å². The van der Waals surface area contributed by atoms with Gasteiger partial charge in [0.15, 0.2) is 0 Å². The van der Waals surface area contributed by atoms with Gasteiger partial charge in [0.1, 0.15) is 0 Å². The summed E-state index contributed by atoms with van der Waals surface area (Å²) in [5.74, 6) is 0. The van der Waals surface area contributed by atoms with Crippen LogP contribution in [0, 0.1) is 0 Å². The number of nitrogens with zero attached hydrogens (tertiary/aromatic N) is 3. The van der Waals surface area contributed by atoms with Crippen LogP contribution in [-0.2, 0) is 5.41 Å². The maximum absolute atomic E-state index is 2.49. The van der Waals surface area contributed by atoms with E-state index >= 15 is 0 Å². The highest BCUT2D eigenvalue weighted by molar-refractivity contribution is 6.13. The Balaban J connectivity index is 1.05. The van der Waals surface area contributed by atoms with Gasteiger partial charge < -0.3 is 14.4 Å². The monoisotopic (exact) mass is 865 g/mol. The molecule has 0 bridgehead atoms. The number of para-hydroxylation sites is 5. The summed E-state index contributed by atoms with van der Waals surface area (Å²) in [7, 11) is 0. The Kier molecular flexibility index (Phi) is 8.50. The van der Waals surface area contributed by atoms with Crippen molar-refractivity contribution in [1.82, 2.24) is 4.57 Å². The van der Waals surface area contributed by atoms with E-state index in [-0.39, 0.29) is 0 Å². The molecule has 0 saturated carbocycles. The minimum atomic E-state index is -0.592. The van der Waals surface area contributed by atoms with E-state index in [0.717, 1.165) is 39.8 Å². The van der Waals surface area contributed by atoms with Crippen molar-refractivity contribution in [3.63, 3.8) is 0 Å². The Labute approximate surface area is 395 Å². The summed E-state index contributed by atoms with van der Waals surface area (Å²) < 4.78 is 2.39. The average molecular weight is 866 g/mol. The summed E-state index contributed by atoms with van der Waals surface area (Å²) in [5, 5.41) is 4.91. The Morgan fingerprint density at radius 1 is 0.294 bits per heavy atom. The van der Waals surface area contributed by atoms with E-state index in [1.54, 1.807) is 0 Å². The zero-order valence-electron chi connectivity index (χ0n) is 37.2. The molecule has 14 rings (SSSR count). The molecule has 2 aliphatic rings. The van der Waals surface area contributed by atoms with Gasteiger partial charge in [-0.15, -0.1) is 0 Å². The van der Waals surface area contributed by atoms with Crippen LogP contribution in [-0.4, -0.2) is 4.57 Å². The van der Waals surface area contributed by atoms with Gasteiger partial charge in [0.05, 0.1) is 27.8 Å². The number of hydrogen-bond acceptors (Lipinski definition) is 2. The fourth-order valence-electron chi connectivity index (χ4n) is 11.9. The molecule has 1 spiro atoms. The maximum Gasteiger partial charge on any atom is 0.0732 e. The molecule has 0 amide bonds. The van der Waals surface area contributed by atoms with Crippen molar-refractivity contribution in [2.75, 3.05) is 9.80 Å². The molecule has 1 aromatic heterocycles. The fourth-order valence-corrected chi connectivity index (χ4v) is 11.9. The van der Waals surface area contributed by atoms with E-state index in [0.29, 0.717) is 0 Å². The molecule has 1 unspecified atom stereocenters. The molecule has 318 valence electrons. The number of benzene rings is 11. The SMILES string of the molecule is c1ccc(N(c2ccc3c(c2)c2ccccc2n3-c2ccccc2)c2cccc3c2-c2ccccc2C32c3ccccc3-c3cc(N(c4ccccc4)c4ccccc4)c4ccccc4c32)cc1. The van der Waals surface area contributed by atoms with Crippen molar-refractivity contribution >= 4 is 66.7 Å². The smallest absolute Gasteiger partial charge is 0.0732 e. The van der Waals surface area contributed by atoms with Crippen LogP contribution in [0.15, 0.2) is 261 Å². The van der Waals surface area contributed by atoms with Crippen LogP contribution < -0.4 is 9.80 Å². The van der Waals surface area contributed by atoms with Crippen molar-refractivity contribution < 1.29 is 0 Å². The minimum absolute atomic E-state index is 0.592. The molecule has 68 heavy (non-hydrogen) atoms. The average Bonchev–Trinajstić information content (AvgIpc) is 4.02. The van der Waals surface area contributed by atoms with Crippen molar-refractivity contribution in [1.29, 1.82) is 0 Å². The number of hydrogen-bond donors (Lipinski definition) is 0. The zero-order valence-corrected chi connectivity index (χ0v) is 37.2. The molecular weight excluding hydrogens is 823 g/mol. The normalized spacial score (nSPS) is 14.2. The highest BCUT2D eigenvalue weighted by Crippen LogP contribution is 2.66. The van der Waals surface area contributed by atoms with Gasteiger partial charge in [-0.25, -0.2) is 0 Å². The van der Waals surface area contributed by atoms with Gasteiger partial charge in [0, 0.05) is 50.2 Å². The summed E-state index contributed by atoms with van der Waals surface area (Å²) in [6.45, 7) is 0. The third kappa shape index (κ3) is 5.41. The summed E-state index contributed by atoms with van der Waals surface area (Å²) in [6, 6.07) is 96.0. The molecule has 3 heteroatoms. The molecule has 1 heterocycles. The lowest BCUT2D eigenvalue weighted by Gasteiger charge is -2.33. The highest BCUT2D eigenvalue weighted by atomic mass is 15.2. The first kappa shape index (κ1) is 38.4. The fraction of sp³-hybridized carbons (Fsp3) is 0.0154. The van der Waals surface area contributed by atoms with Gasteiger partial charge in [-0.3, -0.25) is 0 Å². The maximum atomic E-state index is 2.49. The number of fused-ring (bicyclic) bond motifs is 15. The molecule has 12 aromatic rings. The topological polar surface area (TPSA) is 11.4 Å². The van der Waals surface area contributed by atoms with E-state index < -0.39 is 5.41 Å². The summed E-state index contributed by atoms with van der Waals surface area (Å²) in [4.78, 5) is 4.92. The van der Waals surface area contributed by atoms with Crippen molar-refractivity contribution in [3.05, 3.63) is 283 Å². The molecule has 0 saturated heterocycles. The molecule has 0 N–H and O–H groups in total. The summed E-state index contributed by atoms with van der Waals surface area (Å²) in [6.07, 6.45) is 0. The van der Waals surface area contributed by atoms with E-state index in [9.17, 15) is 0 Å². The summed E-state index contributed by atoms with van der Waals surface area (Å²) >= 11 is 0. The van der Waals surface area contributed by atoms with Crippen LogP contribution in [0.25, 0.3) is 60.5 Å². The number of rotatable bonds is 7. The lowest BCUT2D eigenvalue weighted by atomic mass is 9.69. The van der Waals surface area contributed by atoms with Crippen LogP contribution in [0.3, 0.4) is 0 Å². The van der Waals surface area contributed by atoms with Crippen LogP contribution >= 0.6 is 0 Å². The largest absolute Gasteiger partial charge is 0.310 e. The first-order chi connectivity index (χ1) is 33.8. The van der Waals surface area contributed by atoms with E-state index in [1.165, 1.54) is 77.1 Å². The molecule has 11 aromatic carbocycles. The third-order valence-corrected chi connectivity index (χ3v) is 14.5. The highest BCUT2D eigenvalue weighted by Gasteiger charge is 2.53. The Morgan fingerprint density at radius 2 is 0.794 bits per heavy atom. The predicted octanol–water partition coefficient (Wildman–Crippen LogP) is 17.2. The third-order valence-electron chi connectivity index (χ3n) is 14.5. The van der Waals surface area contributed by atoms with Crippen LogP contribution in [0.2, 0.25) is 0 Å². The molecular formula is C65H43N3. The van der Waals surface area contributed by atoms with E-state index in [2.05, 4.69) is 275 Å². The Morgan fingerprint density at radius 3 is 1.47 bits per heavy atom. The van der Waals surface area contributed by atoms with Crippen LogP contribution in [0.1, 0.15) is 22.3 Å². The standard InChI is InChI=1S/C65H43N3/c1-5-22-44(23-6-1)66(45-24-7-2-8-25-45)62-43-55-49-30-15-18-35-56(49)65(64(55)52-33-14-13-31-50(52)62)57-36-19-16-34-53(57)63-58(65)37-21-39-61(63)67(46-26-9-3-10-27-46)48-40-41-60-54(42-48)51-32-17-20-38-59(51)68(60)47-28-11-4-12-29-47/h1-43H. The minimum Gasteiger partial charge on any atom is -0.310 e. The number of anilines is 6. The van der Waals surface area contributed by atoms with Gasteiger partial charge in [0.25, 0.3) is 0 Å². The van der Waals surface area contributed by atoms with Gasteiger partial charge >= 0.3 is 0 Å². The zero-order chi connectivity index (χ0) is 44.8. The molecule has 1 atom stereocenters. The number of aromatic nitrogens is 1. The second kappa shape index (κ2) is 15.1. The molecule has 0 fully saturated rings. The van der Waals surface area contributed by atoms with Crippen molar-refractivity contribution in [2.24, 2.45) is 0 Å². The first-order valence-electron chi connectivity index (χ1n) is 23.5. The van der Waals surface area contributed by atoms with Crippen molar-refractivity contribution in [3.8, 4) is 27.9 Å². The van der Waals surface area contributed by atoms with E-state index in [1.807, 2.05) is 0 Å². The Bertz CT molecular complexity index is 3870. The van der Waals surface area contributed by atoms with Gasteiger partial charge in [-0.05, 0) is 129 Å². The van der Waals surface area contributed by atoms with Crippen molar-refractivity contribution in [2.45, 2.75) is 5.41 Å². The lowest BCUT2D eigenvalue weighted by molar-refractivity contribution is 0.801. The molecule has 2 aliphatic carbocycles. The second-order valence-electron chi connectivity index (χ2n) is 18.0.